The van der Waals surface area contributed by atoms with Gasteiger partial charge in [-0.15, -0.1) is 0 Å². The van der Waals surface area contributed by atoms with Gasteiger partial charge in [-0.25, -0.2) is 8.78 Å². The maximum atomic E-state index is 13.7. The molecule has 0 bridgehead atoms. The largest absolute Gasteiger partial charge is 0.503 e. The van der Waals surface area contributed by atoms with Gasteiger partial charge in [0.15, 0.2) is 11.4 Å². The summed E-state index contributed by atoms with van der Waals surface area (Å²) in [5.74, 6) is -3.88. The molecule has 0 unspecified atom stereocenters. The molecule has 2 aromatic rings. The Bertz CT molecular complexity index is 1050. The summed E-state index contributed by atoms with van der Waals surface area (Å²) in [7, 11) is 0. The summed E-state index contributed by atoms with van der Waals surface area (Å²) in [6, 6.07) is 2.60. The number of aromatic hydroxyl groups is 1. The van der Waals surface area contributed by atoms with Crippen LogP contribution in [0.4, 0.5) is 8.78 Å². The van der Waals surface area contributed by atoms with E-state index in [1.54, 1.807) is 6.92 Å². The van der Waals surface area contributed by atoms with E-state index in [0.717, 1.165) is 6.07 Å². The van der Waals surface area contributed by atoms with Crippen molar-refractivity contribution < 1.29 is 28.6 Å². The zero-order valence-electron chi connectivity index (χ0n) is 16.2. The number of fused-ring (bicyclic) bond motifs is 1. The number of nitrogens with one attached hydrogen (secondary N) is 1. The molecule has 8 nitrogen and oxygen atoms in total. The fraction of sp³-hybridized carbons (Fsp3) is 0.350. The number of halogens is 2. The highest BCUT2D eigenvalue weighted by atomic mass is 19.1. The van der Waals surface area contributed by atoms with E-state index < -0.39 is 40.2 Å². The number of rotatable bonds is 6. The fourth-order valence-electron chi connectivity index (χ4n) is 3.36. The predicted molar refractivity (Wildman–Crippen MR) is 102 cm³/mol. The number of pyridine rings is 1. The highest BCUT2D eigenvalue weighted by Gasteiger charge is 2.32. The van der Waals surface area contributed by atoms with Crippen LogP contribution in [0.15, 0.2) is 29.2 Å². The van der Waals surface area contributed by atoms with E-state index in [4.69, 9.17) is 5.11 Å². The minimum Gasteiger partial charge on any atom is -0.503 e. The van der Waals surface area contributed by atoms with Crippen LogP contribution in [0.3, 0.4) is 0 Å². The van der Waals surface area contributed by atoms with E-state index in [1.165, 1.54) is 21.7 Å². The number of hydrogen-bond acceptors (Lipinski definition) is 5. The zero-order chi connectivity index (χ0) is 22.0. The highest BCUT2D eigenvalue weighted by Crippen LogP contribution is 2.22. The molecule has 30 heavy (non-hydrogen) atoms. The molecular weight excluding hydrogens is 400 g/mol. The fourth-order valence-corrected chi connectivity index (χ4v) is 3.36. The molecule has 1 aromatic heterocycles. The summed E-state index contributed by atoms with van der Waals surface area (Å²) in [5.41, 5.74) is -1.63. The van der Waals surface area contributed by atoms with E-state index in [0.29, 0.717) is 12.5 Å². The smallest absolute Gasteiger partial charge is 0.274 e. The second kappa shape index (κ2) is 8.62. The number of carbonyl (C=O) groups is 2. The molecule has 2 heterocycles. The maximum absolute atomic E-state index is 13.7. The molecule has 3 N–H and O–H groups in total. The Kier molecular flexibility index (Phi) is 6.16. The van der Waals surface area contributed by atoms with Gasteiger partial charge in [-0.2, -0.15) is 0 Å². The molecule has 0 saturated carbocycles. The predicted octanol–water partition coefficient (Wildman–Crippen LogP) is 0.989. The van der Waals surface area contributed by atoms with Gasteiger partial charge in [0, 0.05) is 50.1 Å². The molecule has 1 aromatic carbocycles. The molecule has 0 saturated heterocycles. The normalized spacial score (nSPS) is 14.4. The molecular formula is C20H21F2N3O5. The third kappa shape index (κ3) is 4.04. The molecule has 0 spiro atoms. The molecule has 3 rings (SSSR count). The average molecular weight is 421 g/mol. The van der Waals surface area contributed by atoms with Gasteiger partial charge in [0.05, 0.1) is 0 Å². The number of nitrogens with zero attached hydrogens (tertiary/aromatic N) is 2. The summed E-state index contributed by atoms with van der Waals surface area (Å²) in [4.78, 5) is 39.1. The summed E-state index contributed by atoms with van der Waals surface area (Å²) >= 11 is 0. The SMILES string of the molecule is C[C@H](CCO)N1CCn2cc(C(=O)NCc3ccc(F)cc3F)c(=O)c(O)c2C1=O. The van der Waals surface area contributed by atoms with Gasteiger partial charge in [-0.05, 0) is 19.4 Å². The monoisotopic (exact) mass is 421 g/mol. The number of aliphatic hydroxyl groups is 1. The molecule has 0 radical (unpaired) electrons. The number of benzene rings is 1. The molecule has 0 fully saturated rings. The van der Waals surface area contributed by atoms with Gasteiger partial charge in [0.2, 0.25) is 5.43 Å². The van der Waals surface area contributed by atoms with Crippen LogP contribution < -0.4 is 10.7 Å². The van der Waals surface area contributed by atoms with Crippen LogP contribution >= 0.6 is 0 Å². The summed E-state index contributed by atoms with van der Waals surface area (Å²) in [6.07, 6.45) is 1.52. The molecule has 1 aliphatic heterocycles. The van der Waals surface area contributed by atoms with E-state index >= 15 is 0 Å². The number of hydrogen-bond donors (Lipinski definition) is 3. The van der Waals surface area contributed by atoms with Gasteiger partial charge in [-0.1, -0.05) is 6.07 Å². The Morgan fingerprint density at radius 3 is 2.67 bits per heavy atom. The van der Waals surface area contributed by atoms with Crippen molar-refractivity contribution in [3.8, 4) is 5.75 Å². The Balaban J connectivity index is 1.84. The topological polar surface area (TPSA) is 112 Å². The van der Waals surface area contributed by atoms with Crippen LogP contribution in [0.1, 0.15) is 39.8 Å². The van der Waals surface area contributed by atoms with Crippen molar-refractivity contribution in [2.75, 3.05) is 13.2 Å². The van der Waals surface area contributed by atoms with Gasteiger partial charge in [0.25, 0.3) is 11.8 Å². The van der Waals surface area contributed by atoms with Crippen molar-refractivity contribution in [2.24, 2.45) is 0 Å². The van der Waals surface area contributed by atoms with Gasteiger partial charge >= 0.3 is 0 Å². The van der Waals surface area contributed by atoms with Gasteiger partial charge < -0.3 is 25.0 Å². The Morgan fingerprint density at radius 1 is 1.27 bits per heavy atom. The first-order valence-electron chi connectivity index (χ1n) is 9.35. The quantitative estimate of drug-likeness (QED) is 0.644. The highest BCUT2D eigenvalue weighted by molar-refractivity contribution is 5.99. The van der Waals surface area contributed by atoms with Gasteiger partial charge in [-0.3, -0.25) is 14.4 Å². The van der Waals surface area contributed by atoms with Crippen LogP contribution in [0, 0.1) is 11.6 Å². The first-order valence-corrected chi connectivity index (χ1v) is 9.35. The first-order chi connectivity index (χ1) is 14.2. The van der Waals surface area contributed by atoms with Crippen molar-refractivity contribution in [1.82, 2.24) is 14.8 Å². The third-order valence-electron chi connectivity index (χ3n) is 5.08. The van der Waals surface area contributed by atoms with Crippen LogP contribution in [0.25, 0.3) is 0 Å². The molecule has 10 heteroatoms. The maximum Gasteiger partial charge on any atom is 0.274 e. The molecule has 0 aliphatic carbocycles. The van der Waals surface area contributed by atoms with Crippen molar-refractivity contribution in [3.63, 3.8) is 0 Å². The summed E-state index contributed by atoms with van der Waals surface area (Å²) in [6.45, 7) is 1.85. The third-order valence-corrected chi connectivity index (χ3v) is 5.08. The van der Waals surface area contributed by atoms with Crippen molar-refractivity contribution in [3.05, 3.63) is 63.1 Å². The Labute approximate surface area is 170 Å². The minimum absolute atomic E-state index is 0.0238. The lowest BCUT2D eigenvalue weighted by molar-refractivity contribution is 0.0597. The lowest BCUT2D eigenvalue weighted by Crippen LogP contribution is -2.47. The number of aromatic nitrogens is 1. The Morgan fingerprint density at radius 2 is 2.00 bits per heavy atom. The van der Waals surface area contributed by atoms with Gasteiger partial charge in [0.1, 0.15) is 17.2 Å². The van der Waals surface area contributed by atoms with E-state index in [-0.39, 0.29) is 43.5 Å². The van der Waals surface area contributed by atoms with Crippen LogP contribution in [0.5, 0.6) is 5.75 Å². The average Bonchev–Trinajstić information content (AvgIpc) is 2.69. The number of amides is 2. The summed E-state index contributed by atoms with van der Waals surface area (Å²) < 4.78 is 28.0. The molecule has 160 valence electrons. The van der Waals surface area contributed by atoms with E-state index in [9.17, 15) is 28.3 Å². The Hall–Kier alpha value is -3.27. The minimum atomic E-state index is -1.02. The lowest BCUT2D eigenvalue weighted by Gasteiger charge is -2.34. The number of aliphatic hydroxyl groups excluding tert-OH is 1. The summed E-state index contributed by atoms with van der Waals surface area (Å²) in [5, 5.41) is 21.8. The second-order valence-corrected chi connectivity index (χ2v) is 7.04. The van der Waals surface area contributed by atoms with Crippen LogP contribution in [-0.4, -0.2) is 50.7 Å². The van der Waals surface area contributed by atoms with Crippen LogP contribution in [0.2, 0.25) is 0 Å². The molecule has 1 aliphatic rings. The second-order valence-electron chi connectivity index (χ2n) is 7.04. The standard InChI is InChI=1S/C20H21F2N3O5/c1-11(4-7-26)25-6-5-24-10-14(17(27)18(28)16(24)20(25)30)19(29)23-9-12-2-3-13(21)8-15(12)22/h2-3,8,10-11,26,28H,4-7,9H2,1H3,(H,23,29)/t11-/m1/s1. The van der Waals surface area contributed by atoms with E-state index in [1.807, 2.05) is 0 Å². The number of carbonyl (C=O) groups excluding carboxylic acids is 2. The zero-order valence-corrected chi connectivity index (χ0v) is 16.2. The first kappa shape index (κ1) is 21.4. The lowest BCUT2D eigenvalue weighted by atomic mass is 10.1. The van der Waals surface area contributed by atoms with Crippen molar-refractivity contribution in [2.45, 2.75) is 32.5 Å². The van der Waals surface area contributed by atoms with Crippen LogP contribution in [-0.2, 0) is 13.1 Å². The van der Waals surface area contributed by atoms with E-state index in [2.05, 4.69) is 5.32 Å². The van der Waals surface area contributed by atoms with Crippen molar-refractivity contribution in [1.29, 1.82) is 0 Å². The van der Waals surface area contributed by atoms with Crippen molar-refractivity contribution >= 4 is 11.8 Å². The molecule has 2 amide bonds. The molecule has 1 atom stereocenters.